The number of amides is 1. The van der Waals surface area contributed by atoms with Crippen LogP contribution in [0.15, 0.2) is 47.4 Å². The molecule has 0 spiro atoms. The Hall–Kier alpha value is -3.55. The number of methoxy groups -OCH3 is 1. The number of benzene rings is 1. The maximum atomic E-state index is 13.0. The SMILES string of the molecule is COC(=O)c1cn(CC(=O)Nc2ccc(F)cc2)c2nc(C)ccc2c1=O. The van der Waals surface area contributed by atoms with Gasteiger partial charge in [-0.1, -0.05) is 0 Å². The van der Waals surface area contributed by atoms with Crippen molar-refractivity contribution >= 4 is 28.6 Å². The van der Waals surface area contributed by atoms with Crippen LogP contribution in [0, 0.1) is 12.7 Å². The first-order valence-electron chi connectivity index (χ1n) is 8.03. The van der Waals surface area contributed by atoms with Crippen LogP contribution in [-0.4, -0.2) is 28.5 Å². The molecule has 7 nitrogen and oxygen atoms in total. The van der Waals surface area contributed by atoms with Gasteiger partial charge in [-0.05, 0) is 43.3 Å². The third kappa shape index (κ3) is 3.84. The zero-order chi connectivity index (χ0) is 19.6. The molecule has 1 amide bonds. The van der Waals surface area contributed by atoms with E-state index in [4.69, 9.17) is 0 Å². The van der Waals surface area contributed by atoms with E-state index in [1.54, 1.807) is 19.1 Å². The maximum absolute atomic E-state index is 13.0. The summed E-state index contributed by atoms with van der Waals surface area (Å²) >= 11 is 0. The summed E-state index contributed by atoms with van der Waals surface area (Å²) in [6, 6.07) is 8.52. The topological polar surface area (TPSA) is 90.3 Å². The number of hydrogen-bond donors (Lipinski definition) is 1. The third-order valence-electron chi connectivity index (χ3n) is 3.91. The predicted octanol–water partition coefficient (Wildman–Crippen LogP) is 2.27. The summed E-state index contributed by atoms with van der Waals surface area (Å²) in [7, 11) is 1.17. The fraction of sp³-hybridized carbons (Fsp3) is 0.158. The van der Waals surface area contributed by atoms with Crippen molar-refractivity contribution in [2.75, 3.05) is 12.4 Å². The first kappa shape index (κ1) is 18.2. The Bertz CT molecular complexity index is 1090. The van der Waals surface area contributed by atoms with Gasteiger partial charge >= 0.3 is 5.97 Å². The Labute approximate surface area is 153 Å². The van der Waals surface area contributed by atoms with Gasteiger partial charge in [-0.25, -0.2) is 14.2 Å². The van der Waals surface area contributed by atoms with E-state index in [1.165, 1.54) is 42.1 Å². The van der Waals surface area contributed by atoms with E-state index >= 15 is 0 Å². The highest BCUT2D eigenvalue weighted by Gasteiger charge is 2.18. The van der Waals surface area contributed by atoms with Gasteiger partial charge in [0.1, 0.15) is 23.6 Å². The number of nitrogens with zero attached hydrogens (tertiary/aromatic N) is 2. The molecule has 0 fully saturated rings. The number of carbonyl (C=O) groups excluding carboxylic acids is 2. The molecule has 0 saturated carbocycles. The van der Waals surface area contributed by atoms with Gasteiger partial charge in [0.25, 0.3) is 0 Å². The Morgan fingerprint density at radius 2 is 1.89 bits per heavy atom. The summed E-state index contributed by atoms with van der Waals surface area (Å²) in [6.45, 7) is 1.55. The minimum Gasteiger partial charge on any atom is -0.465 e. The Morgan fingerprint density at radius 1 is 1.19 bits per heavy atom. The molecule has 0 unspecified atom stereocenters. The Morgan fingerprint density at radius 3 is 2.56 bits per heavy atom. The number of halogens is 1. The number of aromatic nitrogens is 2. The molecule has 3 aromatic rings. The van der Waals surface area contributed by atoms with Gasteiger partial charge in [-0.15, -0.1) is 0 Å². The van der Waals surface area contributed by atoms with E-state index in [9.17, 15) is 18.8 Å². The smallest absolute Gasteiger partial charge is 0.343 e. The van der Waals surface area contributed by atoms with E-state index in [-0.39, 0.29) is 23.1 Å². The van der Waals surface area contributed by atoms with E-state index in [2.05, 4.69) is 15.0 Å². The van der Waals surface area contributed by atoms with Crippen LogP contribution in [0.2, 0.25) is 0 Å². The lowest BCUT2D eigenvalue weighted by atomic mass is 10.2. The average molecular weight is 369 g/mol. The van der Waals surface area contributed by atoms with Crippen molar-refractivity contribution in [3.63, 3.8) is 0 Å². The van der Waals surface area contributed by atoms with E-state index in [1.807, 2.05) is 0 Å². The van der Waals surface area contributed by atoms with Gasteiger partial charge < -0.3 is 14.6 Å². The molecular formula is C19H16FN3O4. The van der Waals surface area contributed by atoms with Crippen LogP contribution in [0.25, 0.3) is 11.0 Å². The molecule has 0 atom stereocenters. The minimum absolute atomic E-state index is 0.190. The lowest BCUT2D eigenvalue weighted by molar-refractivity contribution is -0.116. The second-order valence-electron chi connectivity index (χ2n) is 5.87. The van der Waals surface area contributed by atoms with Gasteiger partial charge in [-0.2, -0.15) is 0 Å². The number of carbonyl (C=O) groups is 2. The highest BCUT2D eigenvalue weighted by molar-refractivity contribution is 5.94. The van der Waals surface area contributed by atoms with Crippen LogP contribution in [0.5, 0.6) is 0 Å². The van der Waals surface area contributed by atoms with Crippen molar-refractivity contribution in [1.82, 2.24) is 9.55 Å². The number of aryl methyl sites for hydroxylation is 1. The molecule has 3 rings (SSSR count). The molecule has 0 radical (unpaired) electrons. The Balaban J connectivity index is 2.01. The lowest BCUT2D eigenvalue weighted by Gasteiger charge is -2.13. The molecule has 1 N–H and O–H groups in total. The van der Waals surface area contributed by atoms with Crippen LogP contribution >= 0.6 is 0 Å². The number of ether oxygens (including phenoxy) is 1. The van der Waals surface area contributed by atoms with Crippen molar-refractivity contribution in [1.29, 1.82) is 0 Å². The molecule has 0 aliphatic heterocycles. The van der Waals surface area contributed by atoms with Crippen LogP contribution in [0.4, 0.5) is 10.1 Å². The standard InChI is InChI=1S/C19H16FN3O4/c1-11-3-8-14-17(25)15(19(26)27-2)9-23(18(14)21-11)10-16(24)22-13-6-4-12(20)5-7-13/h3-9H,10H2,1-2H3,(H,22,24). The fourth-order valence-corrected chi connectivity index (χ4v) is 2.62. The summed E-state index contributed by atoms with van der Waals surface area (Å²) in [5, 5.41) is 2.83. The number of nitrogens with one attached hydrogen (secondary N) is 1. The molecule has 2 heterocycles. The van der Waals surface area contributed by atoms with Crippen molar-refractivity contribution < 1.29 is 18.7 Å². The van der Waals surface area contributed by atoms with E-state index < -0.39 is 23.1 Å². The molecular weight excluding hydrogens is 353 g/mol. The minimum atomic E-state index is -0.796. The second-order valence-corrected chi connectivity index (χ2v) is 5.87. The molecule has 1 aromatic carbocycles. The number of fused-ring (bicyclic) bond motifs is 1. The predicted molar refractivity (Wildman–Crippen MR) is 97.1 cm³/mol. The first-order valence-corrected chi connectivity index (χ1v) is 8.03. The maximum Gasteiger partial charge on any atom is 0.343 e. The van der Waals surface area contributed by atoms with Crippen molar-refractivity contribution in [2.24, 2.45) is 0 Å². The van der Waals surface area contributed by atoms with Gasteiger partial charge in [0.2, 0.25) is 11.3 Å². The van der Waals surface area contributed by atoms with Crippen molar-refractivity contribution in [3.05, 3.63) is 69.9 Å². The molecule has 0 aliphatic carbocycles. The molecule has 27 heavy (non-hydrogen) atoms. The number of anilines is 1. The molecule has 8 heteroatoms. The third-order valence-corrected chi connectivity index (χ3v) is 3.91. The van der Waals surface area contributed by atoms with Crippen molar-refractivity contribution in [3.8, 4) is 0 Å². The summed E-state index contributed by atoms with van der Waals surface area (Å²) < 4.78 is 19.0. The van der Waals surface area contributed by atoms with Gasteiger partial charge in [-0.3, -0.25) is 9.59 Å². The number of hydrogen-bond acceptors (Lipinski definition) is 5. The highest BCUT2D eigenvalue weighted by Crippen LogP contribution is 2.13. The largest absolute Gasteiger partial charge is 0.465 e. The lowest BCUT2D eigenvalue weighted by Crippen LogP contribution is -2.25. The van der Waals surface area contributed by atoms with Gasteiger partial charge in [0.15, 0.2) is 0 Å². The molecule has 0 bridgehead atoms. The summed E-state index contributed by atoms with van der Waals surface area (Å²) in [5.41, 5.74) is 0.649. The molecule has 138 valence electrons. The van der Waals surface area contributed by atoms with Crippen LogP contribution in [-0.2, 0) is 16.1 Å². The average Bonchev–Trinajstić information content (AvgIpc) is 2.65. The molecule has 2 aromatic heterocycles. The number of pyridine rings is 2. The monoisotopic (exact) mass is 369 g/mol. The molecule has 0 saturated heterocycles. The van der Waals surface area contributed by atoms with E-state index in [0.29, 0.717) is 11.4 Å². The zero-order valence-corrected chi connectivity index (χ0v) is 14.7. The van der Waals surface area contributed by atoms with Crippen LogP contribution < -0.4 is 10.7 Å². The van der Waals surface area contributed by atoms with Crippen molar-refractivity contribution in [2.45, 2.75) is 13.5 Å². The summed E-state index contributed by atoms with van der Waals surface area (Å²) in [4.78, 5) is 41.1. The number of esters is 1. The first-order chi connectivity index (χ1) is 12.9. The normalized spacial score (nSPS) is 10.6. The highest BCUT2D eigenvalue weighted by atomic mass is 19.1. The summed E-state index contributed by atoms with van der Waals surface area (Å²) in [5.74, 6) is -1.64. The zero-order valence-electron chi connectivity index (χ0n) is 14.7. The fourth-order valence-electron chi connectivity index (χ4n) is 2.62. The second kappa shape index (κ2) is 7.36. The van der Waals surface area contributed by atoms with Crippen LogP contribution in [0.1, 0.15) is 16.1 Å². The molecule has 0 aliphatic rings. The van der Waals surface area contributed by atoms with Gasteiger partial charge in [0.05, 0.1) is 12.5 Å². The summed E-state index contributed by atoms with van der Waals surface area (Å²) in [6.07, 6.45) is 1.26. The van der Waals surface area contributed by atoms with Crippen LogP contribution in [0.3, 0.4) is 0 Å². The Kier molecular flexibility index (Phi) is 4.98. The van der Waals surface area contributed by atoms with E-state index in [0.717, 1.165) is 0 Å². The number of rotatable bonds is 4. The van der Waals surface area contributed by atoms with Gasteiger partial charge in [0, 0.05) is 17.6 Å². The quantitative estimate of drug-likeness (QED) is 0.713.